The second-order valence-corrected chi connectivity index (χ2v) is 7.61. The summed E-state index contributed by atoms with van der Waals surface area (Å²) in [5.41, 5.74) is 0. The molecule has 6 N–H and O–H groups in total. The van der Waals surface area contributed by atoms with E-state index in [-0.39, 0.29) is 25.4 Å². The number of carbonyl (C=O) groups excluding carboxylic acids is 1. The number of aliphatic carboxylic acids is 2. The highest BCUT2D eigenvalue weighted by Crippen LogP contribution is 2.12. The van der Waals surface area contributed by atoms with Crippen molar-refractivity contribution in [3.05, 3.63) is 0 Å². The van der Waals surface area contributed by atoms with Crippen LogP contribution < -0.4 is 10.6 Å². The summed E-state index contributed by atoms with van der Waals surface area (Å²) >= 11 is 0. The largest absolute Gasteiger partial charge is 0.480 e. The Kier molecular flexibility index (Phi) is 15.0. The van der Waals surface area contributed by atoms with Crippen LogP contribution in [0.5, 0.6) is 0 Å². The van der Waals surface area contributed by atoms with Gasteiger partial charge in [0.15, 0.2) is 0 Å². The topological polar surface area (TPSA) is 156 Å². The minimum Gasteiger partial charge on any atom is -0.480 e. The van der Waals surface area contributed by atoms with Crippen molar-refractivity contribution in [3.8, 4) is 0 Å². The Hall–Kier alpha value is -1.87. The Labute approximate surface area is 172 Å². The molecular weight excluding hydrogens is 380 g/mol. The lowest BCUT2D eigenvalue weighted by molar-refractivity contribution is -0.139. The summed E-state index contributed by atoms with van der Waals surface area (Å²) in [6.07, 6.45) is 6.22. The number of aliphatic hydroxyl groups excluding tert-OH is 2. The highest BCUT2D eigenvalue weighted by Gasteiger charge is 2.24. The molecule has 29 heavy (non-hydrogen) atoms. The van der Waals surface area contributed by atoms with Gasteiger partial charge >= 0.3 is 18.0 Å². The molecule has 0 aliphatic carbocycles. The van der Waals surface area contributed by atoms with Crippen LogP contribution in [0.3, 0.4) is 0 Å². The molecule has 0 aromatic rings. The predicted molar refractivity (Wildman–Crippen MR) is 109 cm³/mol. The summed E-state index contributed by atoms with van der Waals surface area (Å²) in [4.78, 5) is 34.5. The van der Waals surface area contributed by atoms with E-state index in [0.717, 1.165) is 38.5 Å². The third-order valence-corrected chi connectivity index (χ3v) is 4.75. The zero-order chi connectivity index (χ0) is 22.2. The van der Waals surface area contributed by atoms with E-state index in [2.05, 4.69) is 17.6 Å². The maximum atomic E-state index is 12.0. The van der Waals surface area contributed by atoms with Gasteiger partial charge in [0, 0.05) is 0 Å². The van der Waals surface area contributed by atoms with Gasteiger partial charge in [0.25, 0.3) is 0 Å². The van der Waals surface area contributed by atoms with E-state index < -0.39 is 36.2 Å². The molecule has 0 radical (unpaired) electrons. The minimum atomic E-state index is -1.25. The number of nitrogens with one attached hydrogen (secondary N) is 2. The lowest BCUT2D eigenvalue weighted by atomic mass is 10.0. The molecule has 0 heterocycles. The molecule has 0 rings (SSSR count). The molecule has 2 amide bonds. The zero-order valence-corrected chi connectivity index (χ0v) is 17.6. The van der Waals surface area contributed by atoms with E-state index in [9.17, 15) is 29.7 Å². The predicted octanol–water partition coefficient (Wildman–Crippen LogP) is 2.24. The molecule has 0 bridgehead atoms. The van der Waals surface area contributed by atoms with E-state index in [1.807, 2.05) is 0 Å². The van der Waals surface area contributed by atoms with Crippen LogP contribution in [-0.4, -0.2) is 62.7 Å². The van der Waals surface area contributed by atoms with Crippen molar-refractivity contribution >= 4 is 18.0 Å². The van der Waals surface area contributed by atoms with Crippen LogP contribution in [0.1, 0.15) is 84.5 Å². The Morgan fingerprint density at radius 1 is 0.724 bits per heavy atom. The summed E-state index contributed by atoms with van der Waals surface area (Å²) in [6.45, 7) is 3.63. The number of carboxylic acids is 2. The first-order valence-electron chi connectivity index (χ1n) is 10.6. The molecular formula is C20H38N2O7. The molecule has 170 valence electrons. The molecule has 0 aromatic carbocycles. The molecule has 9 heteroatoms. The van der Waals surface area contributed by atoms with Gasteiger partial charge in [-0.1, -0.05) is 45.4 Å². The molecule has 9 nitrogen and oxygen atoms in total. The molecule has 0 aliphatic rings. The standard InChI is InChI=1S/C20H38N2O7/c1-3-4-6-9-15(24)10-7-5-8-11-16(18(25)26)21-20(29)22-17(19(27)28)13-12-14(2)23/h14-17,23-24H,3-13H2,1-2H3,(H,25,26)(H,27,28)(H2,21,22,29). The Morgan fingerprint density at radius 3 is 1.69 bits per heavy atom. The maximum absolute atomic E-state index is 12.0. The molecule has 0 spiro atoms. The second-order valence-electron chi connectivity index (χ2n) is 7.61. The average molecular weight is 419 g/mol. The molecule has 4 atom stereocenters. The third kappa shape index (κ3) is 14.7. The number of rotatable bonds is 17. The van der Waals surface area contributed by atoms with Gasteiger partial charge in [-0.05, 0) is 39.0 Å². The van der Waals surface area contributed by atoms with Crippen molar-refractivity contribution in [2.24, 2.45) is 0 Å². The number of carboxylic acid groups (broad SMARTS) is 2. The van der Waals surface area contributed by atoms with Crippen LogP contribution in [0.4, 0.5) is 4.79 Å². The summed E-state index contributed by atoms with van der Waals surface area (Å²) in [6, 6.07) is -3.18. The average Bonchev–Trinajstić information content (AvgIpc) is 2.63. The smallest absolute Gasteiger partial charge is 0.326 e. The van der Waals surface area contributed by atoms with Crippen molar-refractivity contribution in [1.82, 2.24) is 10.6 Å². The van der Waals surface area contributed by atoms with Gasteiger partial charge in [-0.15, -0.1) is 0 Å². The van der Waals surface area contributed by atoms with Gasteiger partial charge in [-0.3, -0.25) is 0 Å². The van der Waals surface area contributed by atoms with Crippen LogP contribution in [-0.2, 0) is 9.59 Å². The maximum Gasteiger partial charge on any atom is 0.326 e. The third-order valence-electron chi connectivity index (χ3n) is 4.75. The van der Waals surface area contributed by atoms with Crippen LogP contribution in [0.2, 0.25) is 0 Å². The van der Waals surface area contributed by atoms with Crippen molar-refractivity contribution in [3.63, 3.8) is 0 Å². The first-order valence-corrected chi connectivity index (χ1v) is 10.6. The quantitative estimate of drug-likeness (QED) is 0.198. The number of carbonyl (C=O) groups is 3. The molecule has 0 saturated heterocycles. The number of urea groups is 1. The number of hydrogen-bond acceptors (Lipinski definition) is 5. The summed E-state index contributed by atoms with van der Waals surface area (Å²) in [7, 11) is 0. The number of aliphatic hydroxyl groups is 2. The van der Waals surface area contributed by atoms with Crippen LogP contribution in [0.15, 0.2) is 0 Å². The lowest BCUT2D eigenvalue weighted by Crippen LogP contribution is -2.51. The number of amides is 2. The monoisotopic (exact) mass is 418 g/mol. The minimum absolute atomic E-state index is 0.0404. The van der Waals surface area contributed by atoms with Gasteiger partial charge in [-0.25, -0.2) is 14.4 Å². The fraction of sp³-hybridized carbons (Fsp3) is 0.850. The highest BCUT2D eigenvalue weighted by atomic mass is 16.4. The van der Waals surface area contributed by atoms with Crippen LogP contribution in [0, 0.1) is 0 Å². The van der Waals surface area contributed by atoms with Crippen molar-refractivity contribution in [2.45, 2.75) is 109 Å². The van der Waals surface area contributed by atoms with Gasteiger partial charge in [0.1, 0.15) is 12.1 Å². The molecule has 0 aliphatic heterocycles. The van der Waals surface area contributed by atoms with Crippen molar-refractivity contribution in [1.29, 1.82) is 0 Å². The molecule has 0 aromatic heterocycles. The number of unbranched alkanes of at least 4 members (excludes halogenated alkanes) is 4. The molecule has 0 fully saturated rings. The summed E-state index contributed by atoms with van der Waals surface area (Å²) in [5.74, 6) is -2.43. The van der Waals surface area contributed by atoms with Crippen molar-refractivity contribution in [2.75, 3.05) is 0 Å². The van der Waals surface area contributed by atoms with Gasteiger partial charge < -0.3 is 31.1 Å². The first-order chi connectivity index (χ1) is 13.7. The first kappa shape index (κ1) is 27.1. The van der Waals surface area contributed by atoms with E-state index in [0.29, 0.717) is 12.8 Å². The fourth-order valence-corrected chi connectivity index (χ4v) is 2.96. The lowest BCUT2D eigenvalue weighted by Gasteiger charge is -2.19. The van der Waals surface area contributed by atoms with Gasteiger partial charge in [-0.2, -0.15) is 0 Å². The highest BCUT2D eigenvalue weighted by molar-refractivity contribution is 5.86. The zero-order valence-electron chi connectivity index (χ0n) is 17.6. The Bertz CT molecular complexity index is 485. The summed E-state index contributed by atoms with van der Waals surface area (Å²) < 4.78 is 0. The normalized spacial score (nSPS) is 15.2. The van der Waals surface area contributed by atoms with E-state index in [1.54, 1.807) is 0 Å². The fourth-order valence-electron chi connectivity index (χ4n) is 2.96. The Morgan fingerprint density at radius 2 is 1.21 bits per heavy atom. The molecule has 4 unspecified atom stereocenters. The molecule has 0 saturated carbocycles. The van der Waals surface area contributed by atoms with Gasteiger partial charge in [0.2, 0.25) is 0 Å². The van der Waals surface area contributed by atoms with E-state index >= 15 is 0 Å². The second kappa shape index (κ2) is 16.0. The van der Waals surface area contributed by atoms with Crippen LogP contribution >= 0.6 is 0 Å². The van der Waals surface area contributed by atoms with Gasteiger partial charge in [0.05, 0.1) is 12.2 Å². The SMILES string of the molecule is CCCCCC(O)CCCCCC(NC(=O)NC(CCC(C)O)C(=O)O)C(=O)O. The van der Waals surface area contributed by atoms with E-state index in [4.69, 9.17) is 5.11 Å². The number of hydrogen-bond donors (Lipinski definition) is 6. The van der Waals surface area contributed by atoms with Crippen LogP contribution in [0.25, 0.3) is 0 Å². The van der Waals surface area contributed by atoms with E-state index in [1.165, 1.54) is 6.92 Å². The summed E-state index contributed by atoms with van der Waals surface area (Å²) in [5, 5.41) is 42.1. The van der Waals surface area contributed by atoms with Crippen molar-refractivity contribution < 1.29 is 34.8 Å². The Balaban J connectivity index is 4.25.